The molecule has 0 amide bonds. The molecule has 0 spiro atoms. The third-order valence-electron chi connectivity index (χ3n) is 2.77. The predicted molar refractivity (Wildman–Crippen MR) is 52.7 cm³/mol. The molecule has 1 heterocycles. The van der Waals surface area contributed by atoms with Gasteiger partial charge in [-0.05, 0) is 18.5 Å². The van der Waals surface area contributed by atoms with Crippen LogP contribution in [0.25, 0.3) is 0 Å². The van der Waals surface area contributed by atoms with Crippen LogP contribution in [0.4, 0.5) is 0 Å². The molecule has 1 aromatic rings. The van der Waals surface area contributed by atoms with Crippen molar-refractivity contribution in [2.75, 3.05) is 13.2 Å². The summed E-state index contributed by atoms with van der Waals surface area (Å²) in [4.78, 5) is 0. The van der Waals surface area contributed by atoms with E-state index in [0.29, 0.717) is 5.92 Å². The standard InChI is InChI=1S/C11H15NO/c13-8-11-10(6-7-12-11)9-4-2-1-3-5-9/h1-5,10-13H,6-8H2/t10-,11-/m0/s1. The fraction of sp³-hybridized carbons (Fsp3) is 0.455. The second-order valence-corrected chi connectivity index (χ2v) is 3.55. The molecule has 13 heavy (non-hydrogen) atoms. The van der Waals surface area contributed by atoms with Crippen LogP contribution in [0.3, 0.4) is 0 Å². The molecule has 2 heteroatoms. The van der Waals surface area contributed by atoms with Gasteiger partial charge in [0.1, 0.15) is 0 Å². The number of rotatable bonds is 2. The zero-order valence-electron chi connectivity index (χ0n) is 7.61. The van der Waals surface area contributed by atoms with E-state index in [-0.39, 0.29) is 12.6 Å². The number of hydrogen-bond donors (Lipinski definition) is 2. The molecule has 0 aromatic heterocycles. The number of hydrogen-bond acceptors (Lipinski definition) is 2. The van der Waals surface area contributed by atoms with E-state index in [1.807, 2.05) is 6.07 Å². The highest BCUT2D eigenvalue weighted by atomic mass is 16.3. The largest absolute Gasteiger partial charge is 0.395 e. The first-order valence-corrected chi connectivity index (χ1v) is 4.81. The molecule has 2 N–H and O–H groups in total. The first-order valence-electron chi connectivity index (χ1n) is 4.81. The third kappa shape index (κ3) is 1.74. The van der Waals surface area contributed by atoms with Gasteiger partial charge in [-0.25, -0.2) is 0 Å². The van der Waals surface area contributed by atoms with Crippen molar-refractivity contribution in [2.45, 2.75) is 18.4 Å². The van der Waals surface area contributed by atoms with Crippen molar-refractivity contribution in [1.29, 1.82) is 0 Å². The van der Waals surface area contributed by atoms with Crippen molar-refractivity contribution < 1.29 is 5.11 Å². The summed E-state index contributed by atoms with van der Waals surface area (Å²) in [5.41, 5.74) is 1.34. The average Bonchev–Trinajstić information content (AvgIpc) is 2.67. The van der Waals surface area contributed by atoms with Gasteiger partial charge in [0.2, 0.25) is 0 Å². The van der Waals surface area contributed by atoms with Gasteiger partial charge in [-0.1, -0.05) is 30.3 Å². The average molecular weight is 177 g/mol. The Bertz CT molecular complexity index is 260. The molecule has 1 saturated heterocycles. The van der Waals surface area contributed by atoms with Gasteiger partial charge < -0.3 is 10.4 Å². The van der Waals surface area contributed by atoms with E-state index >= 15 is 0 Å². The lowest BCUT2D eigenvalue weighted by Gasteiger charge is -2.17. The molecule has 1 fully saturated rings. The van der Waals surface area contributed by atoms with Crippen molar-refractivity contribution >= 4 is 0 Å². The van der Waals surface area contributed by atoms with Crippen LogP contribution in [0.1, 0.15) is 17.9 Å². The van der Waals surface area contributed by atoms with E-state index < -0.39 is 0 Å². The van der Waals surface area contributed by atoms with Crippen LogP contribution in [-0.2, 0) is 0 Å². The molecule has 0 saturated carbocycles. The molecule has 2 atom stereocenters. The Morgan fingerprint density at radius 1 is 1.31 bits per heavy atom. The van der Waals surface area contributed by atoms with E-state index in [9.17, 15) is 0 Å². The van der Waals surface area contributed by atoms with Crippen molar-refractivity contribution in [2.24, 2.45) is 0 Å². The molecule has 1 aliphatic heterocycles. The zero-order chi connectivity index (χ0) is 9.10. The van der Waals surface area contributed by atoms with Gasteiger partial charge in [0.05, 0.1) is 6.61 Å². The highest BCUT2D eigenvalue weighted by Gasteiger charge is 2.26. The lowest BCUT2D eigenvalue weighted by molar-refractivity contribution is 0.245. The molecule has 1 aliphatic rings. The minimum atomic E-state index is 0.236. The molecule has 1 aromatic carbocycles. The second-order valence-electron chi connectivity index (χ2n) is 3.55. The zero-order valence-corrected chi connectivity index (χ0v) is 7.61. The van der Waals surface area contributed by atoms with E-state index in [1.165, 1.54) is 5.56 Å². The SMILES string of the molecule is OC[C@@H]1NCC[C@H]1c1ccccc1. The van der Waals surface area contributed by atoms with Crippen LogP contribution in [-0.4, -0.2) is 24.3 Å². The second kappa shape index (κ2) is 3.90. The van der Waals surface area contributed by atoms with Gasteiger partial charge >= 0.3 is 0 Å². The van der Waals surface area contributed by atoms with Gasteiger partial charge in [0.15, 0.2) is 0 Å². The number of aliphatic hydroxyl groups is 1. The molecule has 2 nitrogen and oxygen atoms in total. The highest BCUT2D eigenvalue weighted by molar-refractivity contribution is 5.22. The lowest BCUT2D eigenvalue weighted by atomic mass is 9.92. The summed E-state index contributed by atoms with van der Waals surface area (Å²) in [6.07, 6.45) is 1.13. The molecule has 70 valence electrons. The Kier molecular flexibility index (Phi) is 2.62. The van der Waals surface area contributed by atoms with E-state index in [0.717, 1.165) is 13.0 Å². The summed E-state index contributed by atoms with van der Waals surface area (Å²) in [6, 6.07) is 10.7. The smallest absolute Gasteiger partial charge is 0.0590 e. The first-order chi connectivity index (χ1) is 6.42. The maximum atomic E-state index is 9.14. The maximum Gasteiger partial charge on any atom is 0.0590 e. The van der Waals surface area contributed by atoms with Crippen molar-refractivity contribution in [3.8, 4) is 0 Å². The van der Waals surface area contributed by atoms with E-state index in [2.05, 4.69) is 29.6 Å². The summed E-state index contributed by atoms with van der Waals surface area (Å²) in [5.74, 6) is 0.492. The Hall–Kier alpha value is -0.860. The summed E-state index contributed by atoms with van der Waals surface area (Å²) in [6.45, 7) is 1.25. The first kappa shape index (κ1) is 8.73. The Labute approximate surface area is 78.6 Å². The van der Waals surface area contributed by atoms with E-state index in [4.69, 9.17) is 5.11 Å². The molecular weight excluding hydrogens is 162 g/mol. The molecule has 0 aliphatic carbocycles. The van der Waals surface area contributed by atoms with Crippen molar-refractivity contribution in [3.05, 3.63) is 35.9 Å². The van der Waals surface area contributed by atoms with E-state index in [1.54, 1.807) is 0 Å². The fourth-order valence-corrected chi connectivity index (χ4v) is 2.06. The van der Waals surface area contributed by atoms with Crippen molar-refractivity contribution in [3.63, 3.8) is 0 Å². The minimum Gasteiger partial charge on any atom is -0.395 e. The van der Waals surface area contributed by atoms with Crippen LogP contribution in [0, 0.1) is 0 Å². The molecular formula is C11H15NO. The Balaban J connectivity index is 2.16. The minimum absolute atomic E-state index is 0.236. The fourth-order valence-electron chi connectivity index (χ4n) is 2.06. The van der Waals surface area contributed by atoms with Crippen LogP contribution >= 0.6 is 0 Å². The summed E-state index contributed by atoms with van der Waals surface area (Å²) >= 11 is 0. The van der Waals surface area contributed by atoms with Crippen LogP contribution in [0.5, 0.6) is 0 Å². The summed E-state index contributed by atoms with van der Waals surface area (Å²) < 4.78 is 0. The number of aliphatic hydroxyl groups excluding tert-OH is 1. The summed E-state index contributed by atoms with van der Waals surface area (Å²) in [7, 11) is 0. The van der Waals surface area contributed by atoms with Gasteiger partial charge in [0.25, 0.3) is 0 Å². The molecule has 2 rings (SSSR count). The Morgan fingerprint density at radius 2 is 2.08 bits per heavy atom. The number of benzene rings is 1. The van der Waals surface area contributed by atoms with Gasteiger partial charge in [0, 0.05) is 12.0 Å². The monoisotopic (exact) mass is 177 g/mol. The highest BCUT2D eigenvalue weighted by Crippen LogP contribution is 2.26. The summed E-state index contributed by atoms with van der Waals surface area (Å²) in [5, 5.41) is 12.4. The normalized spacial score (nSPS) is 27.8. The number of nitrogens with one attached hydrogen (secondary N) is 1. The van der Waals surface area contributed by atoms with Crippen LogP contribution in [0.15, 0.2) is 30.3 Å². The third-order valence-corrected chi connectivity index (χ3v) is 2.77. The van der Waals surface area contributed by atoms with Gasteiger partial charge in [-0.15, -0.1) is 0 Å². The van der Waals surface area contributed by atoms with Crippen molar-refractivity contribution in [1.82, 2.24) is 5.32 Å². The molecule has 0 radical (unpaired) electrons. The molecule has 0 unspecified atom stereocenters. The quantitative estimate of drug-likeness (QED) is 0.709. The van der Waals surface area contributed by atoms with Crippen LogP contribution in [0.2, 0.25) is 0 Å². The maximum absolute atomic E-state index is 9.14. The lowest BCUT2D eigenvalue weighted by Crippen LogP contribution is -2.29. The van der Waals surface area contributed by atoms with Gasteiger partial charge in [-0.3, -0.25) is 0 Å². The van der Waals surface area contributed by atoms with Gasteiger partial charge in [-0.2, -0.15) is 0 Å². The topological polar surface area (TPSA) is 32.3 Å². The van der Waals surface area contributed by atoms with Crippen LogP contribution < -0.4 is 5.32 Å². The Morgan fingerprint density at radius 3 is 2.77 bits per heavy atom. The molecule has 0 bridgehead atoms. The predicted octanol–water partition coefficient (Wildman–Crippen LogP) is 1.12.